The molecule has 0 radical (unpaired) electrons. The highest BCUT2D eigenvalue weighted by molar-refractivity contribution is 6.10. The predicted molar refractivity (Wildman–Crippen MR) is 81.8 cm³/mol. The standard InChI is InChI=1S/C17H13NO7/c1-9-2-4-10(5-3-9)16(24)12-6-7-18-8-11(12)13(19)25-17(16,14(20)21)15(22)23/h2-8,24H,1H3,(H,20,21)(H,22,23). The van der Waals surface area contributed by atoms with Crippen molar-refractivity contribution in [2.75, 3.05) is 0 Å². The summed E-state index contributed by atoms with van der Waals surface area (Å²) in [6.45, 7) is 1.77. The first-order chi connectivity index (χ1) is 11.7. The molecule has 3 rings (SSSR count). The molecule has 25 heavy (non-hydrogen) atoms. The van der Waals surface area contributed by atoms with Crippen LogP contribution in [0.25, 0.3) is 0 Å². The van der Waals surface area contributed by atoms with Crippen LogP contribution >= 0.6 is 0 Å². The Morgan fingerprint density at radius 2 is 1.68 bits per heavy atom. The predicted octanol–water partition coefficient (Wildman–Crippen LogP) is 0.704. The van der Waals surface area contributed by atoms with Gasteiger partial charge in [-0.1, -0.05) is 29.8 Å². The van der Waals surface area contributed by atoms with Crippen molar-refractivity contribution in [3.63, 3.8) is 0 Å². The Morgan fingerprint density at radius 1 is 1.08 bits per heavy atom. The maximum Gasteiger partial charge on any atom is 0.364 e. The molecule has 1 aliphatic heterocycles. The third kappa shape index (κ3) is 2.04. The average molecular weight is 343 g/mol. The summed E-state index contributed by atoms with van der Waals surface area (Å²) in [4.78, 5) is 39.7. The Bertz CT molecular complexity index is 876. The summed E-state index contributed by atoms with van der Waals surface area (Å²) < 4.78 is 4.80. The molecule has 1 unspecified atom stereocenters. The van der Waals surface area contributed by atoms with E-state index in [-0.39, 0.29) is 16.7 Å². The fraction of sp³-hybridized carbons (Fsp3) is 0.176. The van der Waals surface area contributed by atoms with Crippen LogP contribution in [-0.4, -0.2) is 43.8 Å². The number of benzene rings is 1. The number of aryl methyl sites for hydroxylation is 1. The van der Waals surface area contributed by atoms with E-state index in [4.69, 9.17) is 4.74 Å². The topological polar surface area (TPSA) is 134 Å². The molecule has 8 heteroatoms. The van der Waals surface area contributed by atoms with Gasteiger partial charge in [0.15, 0.2) is 5.60 Å². The summed E-state index contributed by atoms with van der Waals surface area (Å²) in [7, 11) is 0. The van der Waals surface area contributed by atoms with E-state index in [1.165, 1.54) is 24.4 Å². The molecule has 8 nitrogen and oxygen atoms in total. The van der Waals surface area contributed by atoms with Crippen molar-refractivity contribution in [2.45, 2.75) is 18.1 Å². The quantitative estimate of drug-likeness (QED) is 0.548. The summed E-state index contributed by atoms with van der Waals surface area (Å²) in [6, 6.07) is 7.15. The second-order valence-electron chi connectivity index (χ2n) is 5.68. The Hall–Kier alpha value is -3.26. The van der Waals surface area contributed by atoms with Crippen LogP contribution in [0.3, 0.4) is 0 Å². The number of carboxylic acids is 2. The van der Waals surface area contributed by atoms with Gasteiger partial charge in [0, 0.05) is 18.0 Å². The van der Waals surface area contributed by atoms with Gasteiger partial charge in [-0.25, -0.2) is 14.4 Å². The second kappa shape index (κ2) is 5.38. The number of esters is 1. The minimum absolute atomic E-state index is 0.0390. The third-order valence-corrected chi connectivity index (χ3v) is 4.26. The zero-order chi connectivity index (χ0) is 18.4. The normalized spacial score (nSPS) is 21.1. The number of pyridine rings is 1. The molecule has 0 saturated heterocycles. The maximum absolute atomic E-state index is 12.2. The molecule has 1 aliphatic rings. The number of aliphatic hydroxyl groups is 1. The van der Waals surface area contributed by atoms with Gasteiger partial charge in [-0.3, -0.25) is 4.98 Å². The number of nitrogens with zero attached hydrogens (tertiary/aromatic N) is 1. The first-order valence-electron chi connectivity index (χ1n) is 7.19. The summed E-state index contributed by atoms with van der Waals surface area (Å²) >= 11 is 0. The molecule has 0 bridgehead atoms. The Morgan fingerprint density at radius 3 is 2.24 bits per heavy atom. The molecule has 2 aromatic rings. The molecular weight excluding hydrogens is 330 g/mol. The monoisotopic (exact) mass is 343 g/mol. The summed E-state index contributed by atoms with van der Waals surface area (Å²) in [5.74, 6) is -5.19. The number of ether oxygens (including phenoxy) is 1. The smallest absolute Gasteiger partial charge is 0.364 e. The summed E-state index contributed by atoms with van der Waals surface area (Å²) in [5, 5.41) is 30.6. The fourth-order valence-electron chi connectivity index (χ4n) is 2.97. The summed E-state index contributed by atoms with van der Waals surface area (Å²) in [5.41, 5.74) is -5.52. The van der Waals surface area contributed by atoms with Gasteiger partial charge >= 0.3 is 23.5 Å². The zero-order valence-electron chi connectivity index (χ0n) is 13.0. The lowest BCUT2D eigenvalue weighted by Crippen LogP contribution is -2.67. The number of aromatic nitrogens is 1. The van der Waals surface area contributed by atoms with Crippen molar-refractivity contribution in [1.82, 2.24) is 4.98 Å². The van der Waals surface area contributed by atoms with Crippen LogP contribution in [0.1, 0.15) is 27.0 Å². The van der Waals surface area contributed by atoms with E-state index < -0.39 is 29.1 Å². The van der Waals surface area contributed by atoms with Gasteiger partial charge in [0.1, 0.15) is 0 Å². The molecular formula is C17H13NO7. The van der Waals surface area contributed by atoms with Crippen LogP contribution in [0.15, 0.2) is 42.7 Å². The first-order valence-corrected chi connectivity index (χ1v) is 7.19. The van der Waals surface area contributed by atoms with Crippen molar-refractivity contribution in [2.24, 2.45) is 0 Å². The van der Waals surface area contributed by atoms with E-state index in [1.807, 2.05) is 0 Å². The molecule has 1 aromatic carbocycles. The second-order valence-corrected chi connectivity index (χ2v) is 5.68. The van der Waals surface area contributed by atoms with Crippen LogP contribution in [0.4, 0.5) is 0 Å². The minimum Gasteiger partial charge on any atom is -0.478 e. The highest BCUT2D eigenvalue weighted by Gasteiger charge is 2.70. The molecule has 128 valence electrons. The number of rotatable bonds is 3. The highest BCUT2D eigenvalue weighted by atomic mass is 16.6. The number of carbonyl (C=O) groups excluding carboxylic acids is 1. The van der Waals surface area contributed by atoms with Gasteiger partial charge in [0.2, 0.25) is 0 Å². The van der Waals surface area contributed by atoms with Gasteiger partial charge in [-0.05, 0) is 18.6 Å². The van der Waals surface area contributed by atoms with E-state index in [0.717, 1.165) is 11.8 Å². The van der Waals surface area contributed by atoms with Gasteiger partial charge in [-0.15, -0.1) is 0 Å². The van der Waals surface area contributed by atoms with Crippen LogP contribution < -0.4 is 0 Å². The number of fused-ring (bicyclic) bond motifs is 1. The van der Waals surface area contributed by atoms with Gasteiger partial charge < -0.3 is 20.1 Å². The number of cyclic esters (lactones) is 1. The van der Waals surface area contributed by atoms with Crippen molar-refractivity contribution < 1.29 is 34.4 Å². The molecule has 2 heterocycles. The van der Waals surface area contributed by atoms with E-state index in [2.05, 4.69) is 4.98 Å². The van der Waals surface area contributed by atoms with Crippen molar-refractivity contribution in [3.05, 3.63) is 65.0 Å². The van der Waals surface area contributed by atoms with Crippen molar-refractivity contribution in [3.8, 4) is 0 Å². The third-order valence-electron chi connectivity index (χ3n) is 4.26. The number of carbonyl (C=O) groups is 3. The SMILES string of the molecule is Cc1ccc(C2(O)c3ccncc3C(=O)OC2(C(=O)O)C(=O)O)cc1. The van der Waals surface area contributed by atoms with Crippen LogP contribution in [0, 0.1) is 6.92 Å². The van der Waals surface area contributed by atoms with Crippen molar-refractivity contribution in [1.29, 1.82) is 0 Å². The van der Waals surface area contributed by atoms with Gasteiger partial charge in [0.05, 0.1) is 5.56 Å². The molecule has 0 aliphatic carbocycles. The largest absolute Gasteiger partial charge is 0.478 e. The minimum atomic E-state index is -3.24. The zero-order valence-corrected chi connectivity index (χ0v) is 13.0. The van der Waals surface area contributed by atoms with Crippen LogP contribution in [0.5, 0.6) is 0 Å². The van der Waals surface area contributed by atoms with Crippen LogP contribution in [0.2, 0.25) is 0 Å². The number of aliphatic carboxylic acids is 2. The van der Waals surface area contributed by atoms with Gasteiger partial charge in [0.25, 0.3) is 0 Å². The number of carboxylic acid groups (broad SMARTS) is 2. The molecule has 3 N–H and O–H groups in total. The molecule has 1 aromatic heterocycles. The lowest BCUT2D eigenvalue weighted by molar-refractivity contribution is -0.205. The lowest BCUT2D eigenvalue weighted by Gasteiger charge is -2.44. The number of hydrogen-bond acceptors (Lipinski definition) is 6. The maximum atomic E-state index is 12.2. The van der Waals surface area contributed by atoms with E-state index >= 15 is 0 Å². The Kier molecular flexibility index (Phi) is 3.57. The average Bonchev–Trinajstić information content (AvgIpc) is 2.58. The Balaban J connectivity index is 2.44. The Labute approximate surface area is 141 Å². The van der Waals surface area contributed by atoms with Gasteiger partial charge in [-0.2, -0.15) is 0 Å². The molecule has 0 fully saturated rings. The van der Waals surface area contributed by atoms with E-state index in [1.54, 1.807) is 19.1 Å². The molecule has 0 spiro atoms. The highest BCUT2D eigenvalue weighted by Crippen LogP contribution is 2.47. The van der Waals surface area contributed by atoms with E-state index in [9.17, 15) is 29.7 Å². The molecule has 0 amide bonds. The lowest BCUT2D eigenvalue weighted by atomic mass is 9.69. The first kappa shape index (κ1) is 16.6. The molecule has 1 atom stereocenters. The number of hydrogen-bond donors (Lipinski definition) is 3. The van der Waals surface area contributed by atoms with Crippen LogP contribution in [-0.2, 0) is 19.9 Å². The van der Waals surface area contributed by atoms with Crippen molar-refractivity contribution >= 4 is 17.9 Å². The molecule has 0 saturated carbocycles. The summed E-state index contributed by atoms with van der Waals surface area (Å²) in [6.07, 6.45) is 2.31. The fourth-order valence-corrected chi connectivity index (χ4v) is 2.97. The van der Waals surface area contributed by atoms with E-state index in [0.29, 0.717) is 0 Å².